The molecule has 0 atom stereocenters. The molecule has 1 heterocycles. The molecule has 1 rings (SSSR count). The van der Waals surface area contributed by atoms with E-state index in [0.717, 1.165) is 5.69 Å². The summed E-state index contributed by atoms with van der Waals surface area (Å²) in [6.45, 7) is 1.81. The molecule has 4 heteroatoms. The summed E-state index contributed by atoms with van der Waals surface area (Å²) in [5, 5.41) is 0. The highest BCUT2D eigenvalue weighted by Gasteiger charge is 1.95. The van der Waals surface area contributed by atoms with Gasteiger partial charge in [-0.05, 0) is 28.9 Å². The molecule has 0 fully saturated rings. The van der Waals surface area contributed by atoms with Crippen molar-refractivity contribution in [2.45, 2.75) is 6.92 Å². The first-order valence-electron chi connectivity index (χ1n) is 2.48. The second kappa shape index (κ2) is 3.88. The molecule has 56 valence electrons. The Bertz CT molecular complexity index is 229. The minimum Gasteiger partial charge on any atom is -0.257 e. The van der Waals surface area contributed by atoms with Gasteiger partial charge >= 0.3 is 0 Å². The summed E-state index contributed by atoms with van der Waals surface area (Å²) in [5.74, 6) is -0.313. The normalized spacial score (nSPS) is 8.70. The topological polar surface area (TPSA) is 12.9 Å². The molecule has 0 aliphatic rings. The fraction of sp³-hybridized carbons (Fsp3) is 0.167. The average molecular weight is 226 g/mol. The molecule has 10 heavy (non-hydrogen) atoms. The van der Waals surface area contributed by atoms with Crippen molar-refractivity contribution in [3.63, 3.8) is 0 Å². The standard InChI is InChI=1S/C6H5BrFN.ClH/c1-4-6(7)2-5(8)3-9-4;/h2-3H,1H3;1H. The maximum atomic E-state index is 12.3. The van der Waals surface area contributed by atoms with Gasteiger partial charge in [0.25, 0.3) is 0 Å². The van der Waals surface area contributed by atoms with Crippen molar-refractivity contribution < 1.29 is 4.39 Å². The molecule has 0 spiro atoms. The van der Waals surface area contributed by atoms with Gasteiger partial charge in [0.05, 0.1) is 11.9 Å². The number of rotatable bonds is 0. The minimum atomic E-state index is -0.313. The van der Waals surface area contributed by atoms with E-state index in [0.29, 0.717) is 4.47 Å². The van der Waals surface area contributed by atoms with E-state index < -0.39 is 0 Å². The second-order valence-corrected chi connectivity index (χ2v) is 2.58. The monoisotopic (exact) mass is 225 g/mol. The van der Waals surface area contributed by atoms with Gasteiger partial charge in [-0.3, -0.25) is 4.98 Å². The lowest BCUT2D eigenvalue weighted by molar-refractivity contribution is 0.619. The van der Waals surface area contributed by atoms with Crippen LogP contribution in [0.1, 0.15) is 5.69 Å². The highest BCUT2D eigenvalue weighted by atomic mass is 79.9. The van der Waals surface area contributed by atoms with Crippen molar-refractivity contribution in [2.24, 2.45) is 0 Å². The second-order valence-electron chi connectivity index (χ2n) is 1.72. The maximum Gasteiger partial charge on any atom is 0.142 e. The molecule has 1 nitrogen and oxygen atoms in total. The van der Waals surface area contributed by atoms with E-state index in [2.05, 4.69) is 20.9 Å². The quantitative estimate of drug-likeness (QED) is 0.663. The number of nitrogens with zero attached hydrogens (tertiary/aromatic N) is 1. The van der Waals surface area contributed by atoms with Gasteiger partial charge in [-0.25, -0.2) is 4.39 Å². The summed E-state index contributed by atoms with van der Waals surface area (Å²) >= 11 is 3.14. The minimum absolute atomic E-state index is 0. The zero-order valence-corrected chi connectivity index (χ0v) is 7.67. The summed E-state index contributed by atoms with van der Waals surface area (Å²) in [6, 6.07) is 1.39. The molecular formula is C6H6BrClFN. The fourth-order valence-electron chi connectivity index (χ4n) is 0.483. The van der Waals surface area contributed by atoms with E-state index in [1.807, 2.05) is 6.92 Å². The summed E-state index contributed by atoms with van der Waals surface area (Å²) in [5.41, 5.74) is 0.802. The number of aromatic nitrogens is 1. The molecule has 0 unspecified atom stereocenters. The van der Waals surface area contributed by atoms with Gasteiger partial charge < -0.3 is 0 Å². The van der Waals surface area contributed by atoms with Crippen molar-refractivity contribution in [3.8, 4) is 0 Å². The van der Waals surface area contributed by atoms with Crippen molar-refractivity contribution in [1.82, 2.24) is 4.98 Å². The lowest BCUT2D eigenvalue weighted by Gasteiger charge is -1.93. The molecule has 0 aromatic carbocycles. The lowest BCUT2D eigenvalue weighted by atomic mass is 10.4. The zero-order chi connectivity index (χ0) is 6.85. The number of halogens is 3. The van der Waals surface area contributed by atoms with Crippen molar-refractivity contribution in [1.29, 1.82) is 0 Å². The summed E-state index contributed by atoms with van der Waals surface area (Å²) in [4.78, 5) is 3.76. The van der Waals surface area contributed by atoms with Crippen molar-refractivity contribution in [2.75, 3.05) is 0 Å². The predicted octanol–water partition coefficient (Wildman–Crippen LogP) is 2.71. The van der Waals surface area contributed by atoms with Crippen LogP contribution in [0.15, 0.2) is 16.7 Å². The van der Waals surface area contributed by atoms with Crippen LogP contribution in [0.5, 0.6) is 0 Å². The number of aryl methyl sites for hydroxylation is 1. The van der Waals surface area contributed by atoms with E-state index in [1.165, 1.54) is 12.3 Å². The van der Waals surface area contributed by atoms with Crippen LogP contribution in [-0.2, 0) is 0 Å². The van der Waals surface area contributed by atoms with Gasteiger partial charge in [0.15, 0.2) is 0 Å². The Kier molecular flexibility index (Phi) is 3.83. The van der Waals surface area contributed by atoms with Gasteiger partial charge in [0.1, 0.15) is 5.82 Å². The number of pyridine rings is 1. The first-order valence-corrected chi connectivity index (χ1v) is 3.27. The molecule has 0 amide bonds. The summed E-state index contributed by atoms with van der Waals surface area (Å²) in [6.07, 6.45) is 1.19. The third kappa shape index (κ3) is 2.23. The highest BCUT2D eigenvalue weighted by Crippen LogP contribution is 2.13. The Morgan fingerprint density at radius 3 is 2.60 bits per heavy atom. The van der Waals surface area contributed by atoms with Crippen LogP contribution in [0.25, 0.3) is 0 Å². The van der Waals surface area contributed by atoms with Gasteiger partial charge in [0, 0.05) is 4.47 Å². The zero-order valence-electron chi connectivity index (χ0n) is 5.27. The fourth-order valence-corrected chi connectivity index (χ4v) is 0.804. The first-order chi connectivity index (χ1) is 4.20. The van der Waals surface area contributed by atoms with Crippen LogP contribution < -0.4 is 0 Å². The summed E-state index contributed by atoms with van der Waals surface area (Å²) < 4.78 is 13.0. The predicted molar refractivity (Wildman–Crippen MR) is 43.9 cm³/mol. The van der Waals surface area contributed by atoms with Gasteiger partial charge in [-0.2, -0.15) is 0 Å². The Morgan fingerprint density at radius 1 is 1.60 bits per heavy atom. The van der Waals surface area contributed by atoms with E-state index in [9.17, 15) is 4.39 Å². The van der Waals surface area contributed by atoms with Crippen LogP contribution in [0.2, 0.25) is 0 Å². The first kappa shape index (κ1) is 9.85. The van der Waals surface area contributed by atoms with E-state index in [4.69, 9.17) is 0 Å². The summed E-state index contributed by atoms with van der Waals surface area (Å²) in [7, 11) is 0. The van der Waals surface area contributed by atoms with Crippen LogP contribution in [0, 0.1) is 12.7 Å². The largest absolute Gasteiger partial charge is 0.257 e. The highest BCUT2D eigenvalue weighted by molar-refractivity contribution is 9.10. The number of hydrogen-bond acceptors (Lipinski definition) is 1. The van der Waals surface area contributed by atoms with E-state index in [1.54, 1.807) is 0 Å². The number of hydrogen-bond donors (Lipinski definition) is 0. The van der Waals surface area contributed by atoms with Crippen LogP contribution in [-0.4, -0.2) is 4.98 Å². The molecule has 1 aromatic heterocycles. The molecule has 0 aliphatic heterocycles. The Hall–Kier alpha value is -0.150. The lowest BCUT2D eigenvalue weighted by Crippen LogP contribution is -1.83. The van der Waals surface area contributed by atoms with Crippen LogP contribution in [0.3, 0.4) is 0 Å². The molecular weight excluding hydrogens is 220 g/mol. The SMILES string of the molecule is Cc1ncc(F)cc1Br.Cl. The molecule has 0 aliphatic carbocycles. The average Bonchev–Trinajstić information content (AvgIpc) is 1.80. The van der Waals surface area contributed by atoms with Crippen LogP contribution in [0.4, 0.5) is 4.39 Å². The smallest absolute Gasteiger partial charge is 0.142 e. The third-order valence-electron chi connectivity index (χ3n) is 0.992. The van der Waals surface area contributed by atoms with E-state index in [-0.39, 0.29) is 18.2 Å². The van der Waals surface area contributed by atoms with Crippen molar-refractivity contribution in [3.05, 3.63) is 28.2 Å². The van der Waals surface area contributed by atoms with Crippen LogP contribution >= 0.6 is 28.3 Å². The molecule has 1 aromatic rings. The maximum absolute atomic E-state index is 12.3. The Labute approximate surface area is 73.2 Å². The van der Waals surface area contributed by atoms with E-state index >= 15 is 0 Å². The van der Waals surface area contributed by atoms with Gasteiger partial charge in [-0.1, -0.05) is 0 Å². The molecule has 0 N–H and O–H groups in total. The van der Waals surface area contributed by atoms with Gasteiger partial charge in [0.2, 0.25) is 0 Å². The molecule has 0 radical (unpaired) electrons. The van der Waals surface area contributed by atoms with Crippen molar-refractivity contribution >= 4 is 28.3 Å². The Morgan fingerprint density at radius 2 is 2.20 bits per heavy atom. The molecule has 0 saturated heterocycles. The molecule has 0 bridgehead atoms. The Balaban J connectivity index is 0.000000810. The molecule has 0 saturated carbocycles. The third-order valence-corrected chi connectivity index (χ3v) is 1.79. The van der Waals surface area contributed by atoms with Gasteiger partial charge in [-0.15, -0.1) is 12.4 Å².